The molecule has 0 saturated carbocycles. The Hall–Kier alpha value is -3.41. The monoisotopic (exact) mass is 989 g/mol. The van der Waals surface area contributed by atoms with Crippen LogP contribution in [-0.2, 0) is 28.6 Å². The molecular formula is C65H112O6. The van der Waals surface area contributed by atoms with Crippen LogP contribution in [0.5, 0.6) is 0 Å². The van der Waals surface area contributed by atoms with Crippen LogP contribution in [0.15, 0.2) is 85.1 Å². The maximum Gasteiger partial charge on any atom is 0.306 e. The Morgan fingerprint density at radius 1 is 0.296 bits per heavy atom. The molecule has 71 heavy (non-hydrogen) atoms. The highest BCUT2D eigenvalue weighted by atomic mass is 16.6. The van der Waals surface area contributed by atoms with E-state index in [0.29, 0.717) is 19.3 Å². The average Bonchev–Trinajstić information content (AvgIpc) is 3.37. The molecule has 0 heterocycles. The third-order valence-electron chi connectivity index (χ3n) is 12.9. The minimum absolute atomic E-state index is 0.0821. The molecule has 0 rings (SSSR count). The highest BCUT2D eigenvalue weighted by molar-refractivity contribution is 5.71. The zero-order chi connectivity index (χ0) is 51.4. The fourth-order valence-electron chi connectivity index (χ4n) is 8.38. The number of hydrogen-bond donors (Lipinski definition) is 0. The predicted molar refractivity (Wildman–Crippen MR) is 307 cm³/mol. The Kier molecular flexibility index (Phi) is 56.3. The summed E-state index contributed by atoms with van der Waals surface area (Å²) in [6.07, 6.45) is 77.2. The van der Waals surface area contributed by atoms with E-state index in [4.69, 9.17) is 14.2 Å². The molecule has 0 aliphatic heterocycles. The number of unbranched alkanes of at least 4 members (excludes halogenated alkanes) is 29. The van der Waals surface area contributed by atoms with Gasteiger partial charge in [-0.3, -0.25) is 14.4 Å². The summed E-state index contributed by atoms with van der Waals surface area (Å²) in [7, 11) is 0. The second-order valence-electron chi connectivity index (χ2n) is 19.9. The maximum atomic E-state index is 12.9. The molecule has 1 unspecified atom stereocenters. The lowest BCUT2D eigenvalue weighted by Crippen LogP contribution is -2.30. The van der Waals surface area contributed by atoms with Crippen LogP contribution in [0, 0.1) is 0 Å². The topological polar surface area (TPSA) is 78.9 Å². The summed E-state index contributed by atoms with van der Waals surface area (Å²) >= 11 is 0. The first-order valence-electron chi connectivity index (χ1n) is 30.1. The largest absolute Gasteiger partial charge is 0.462 e. The van der Waals surface area contributed by atoms with Gasteiger partial charge in [0, 0.05) is 19.3 Å². The van der Waals surface area contributed by atoms with Gasteiger partial charge < -0.3 is 14.2 Å². The summed E-state index contributed by atoms with van der Waals surface area (Å²) in [6.45, 7) is 6.52. The Bertz CT molecular complexity index is 1370. The summed E-state index contributed by atoms with van der Waals surface area (Å²) < 4.78 is 16.9. The summed E-state index contributed by atoms with van der Waals surface area (Å²) in [5.41, 5.74) is 0. The van der Waals surface area contributed by atoms with Crippen LogP contribution in [0.4, 0.5) is 0 Å². The van der Waals surface area contributed by atoms with E-state index in [9.17, 15) is 14.4 Å². The smallest absolute Gasteiger partial charge is 0.306 e. The summed E-state index contributed by atoms with van der Waals surface area (Å²) in [6, 6.07) is 0. The minimum Gasteiger partial charge on any atom is -0.462 e. The fraction of sp³-hybridized carbons (Fsp3) is 0.738. The molecule has 0 aromatic carbocycles. The van der Waals surface area contributed by atoms with Crippen LogP contribution in [0.3, 0.4) is 0 Å². The number of ether oxygens (including phenoxy) is 3. The molecule has 0 N–H and O–H groups in total. The Labute approximate surface area is 439 Å². The van der Waals surface area contributed by atoms with Gasteiger partial charge >= 0.3 is 17.9 Å². The van der Waals surface area contributed by atoms with Crippen molar-refractivity contribution in [1.82, 2.24) is 0 Å². The molecule has 6 nitrogen and oxygen atoms in total. The molecule has 0 aromatic heterocycles. The lowest BCUT2D eigenvalue weighted by Gasteiger charge is -2.18. The van der Waals surface area contributed by atoms with Crippen molar-refractivity contribution in [3.05, 3.63) is 85.1 Å². The summed E-state index contributed by atoms with van der Waals surface area (Å²) in [5, 5.41) is 0. The maximum absolute atomic E-state index is 12.9. The first-order valence-corrected chi connectivity index (χ1v) is 30.1. The standard InChI is InChI=1S/C65H112O6/c1-4-7-10-13-16-19-22-25-28-29-30-31-32-33-34-35-36-37-38-41-43-46-49-52-55-58-64(67)70-61-62(71-65(68)59-56-53-50-47-44-40-27-24-21-18-15-12-9-6-3)60-69-63(66)57-54-51-48-45-42-39-26-23-20-17-14-11-8-5-2/h7,10,16,19,24-25,27-28,30-31,33-34,36-37,62H,4-6,8-9,11-15,17-18,20-23,26,29,32,35,38-61H2,1-3H3/b10-7-,19-16-,27-24-,28-25-,31-30-,34-33-,37-36-. The molecule has 0 bridgehead atoms. The van der Waals surface area contributed by atoms with Crippen molar-refractivity contribution >= 4 is 17.9 Å². The molecule has 408 valence electrons. The normalized spacial score (nSPS) is 12.7. The van der Waals surface area contributed by atoms with Gasteiger partial charge in [-0.15, -0.1) is 0 Å². The Morgan fingerprint density at radius 3 is 0.873 bits per heavy atom. The predicted octanol–water partition coefficient (Wildman–Crippen LogP) is 20.3. The van der Waals surface area contributed by atoms with Gasteiger partial charge in [-0.05, 0) is 96.3 Å². The van der Waals surface area contributed by atoms with Crippen molar-refractivity contribution < 1.29 is 28.6 Å². The quantitative estimate of drug-likeness (QED) is 0.0261. The van der Waals surface area contributed by atoms with Gasteiger partial charge in [0.15, 0.2) is 6.10 Å². The highest BCUT2D eigenvalue weighted by Crippen LogP contribution is 2.16. The van der Waals surface area contributed by atoms with Gasteiger partial charge in [-0.2, -0.15) is 0 Å². The van der Waals surface area contributed by atoms with E-state index in [-0.39, 0.29) is 31.1 Å². The average molecular weight is 990 g/mol. The number of carbonyl (C=O) groups excluding carboxylic acids is 3. The van der Waals surface area contributed by atoms with Crippen molar-refractivity contribution in [3.8, 4) is 0 Å². The summed E-state index contributed by atoms with van der Waals surface area (Å²) in [5.74, 6) is -0.897. The van der Waals surface area contributed by atoms with E-state index in [1.807, 2.05) is 0 Å². The molecule has 0 aliphatic rings. The SMILES string of the molecule is CC/C=C\C/C=C\C/C=C\C/C=C\C/C=C\C/C=C\CCCCCCCCC(=O)OCC(COC(=O)CCCCCCCCCCCCCCCC)OC(=O)CCCCCCC/C=C\CCCCCCC. The minimum atomic E-state index is -0.786. The first kappa shape index (κ1) is 67.6. The van der Waals surface area contributed by atoms with Gasteiger partial charge in [-0.1, -0.05) is 260 Å². The van der Waals surface area contributed by atoms with E-state index in [1.165, 1.54) is 128 Å². The summed E-state index contributed by atoms with van der Waals surface area (Å²) in [4.78, 5) is 38.2. The fourth-order valence-corrected chi connectivity index (χ4v) is 8.38. The third kappa shape index (κ3) is 57.4. The van der Waals surface area contributed by atoms with Gasteiger partial charge in [0.1, 0.15) is 13.2 Å². The lowest BCUT2D eigenvalue weighted by atomic mass is 10.0. The van der Waals surface area contributed by atoms with Crippen LogP contribution >= 0.6 is 0 Å². The molecule has 0 aliphatic carbocycles. The molecule has 0 spiro atoms. The number of allylic oxidation sites excluding steroid dienone is 14. The molecule has 0 amide bonds. The zero-order valence-corrected chi connectivity index (χ0v) is 46.7. The van der Waals surface area contributed by atoms with Crippen molar-refractivity contribution in [2.45, 2.75) is 297 Å². The number of hydrogen-bond acceptors (Lipinski definition) is 6. The molecular weight excluding hydrogens is 877 g/mol. The van der Waals surface area contributed by atoms with Crippen LogP contribution in [-0.4, -0.2) is 37.2 Å². The molecule has 0 radical (unpaired) electrons. The number of rotatable bonds is 54. The van der Waals surface area contributed by atoms with E-state index in [2.05, 4.69) is 106 Å². The molecule has 0 saturated heterocycles. The van der Waals surface area contributed by atoms with Crippen molar-refractivity contribution in [1.29, 1.82) is 0 Å². The molecule has 0 aromatic rings. The Balaban J connectivity index is 4.35. The molecule has 0 fully saturated rings. The number of esters is 3. The van der Waals surface area contributed by atoms with Crippen LogP contribution in [0.1, 0.15) is 290 Å². The zero-order valence-electron chi connectivity index (χ0n) is 46.7. The molecule has 6 heteroatoms. The molecule has 1 atom stereocenters. The second-order valence-corrected chi connectivity index (χ2v) is 19.9. The van der Waals surface area contributed by atoms with Gasteiger partial charge in [0.05, 0.1) is 0 Å². The van der Waals surface area contributed by atoms with E-state index in [0.717, 1.165) is 122 Å². The second kappa shape index (κ2) is 59.2. The van der Waals surface area contributed by atoms with E-state index >= 15 is 0 Å². The highest BCUT2D eigenvalue weighted by Gasteiger charge is 2.19. The van der Waals surface area contributed by atoms with Gasteiger partial charge in [0.2, 0.25) is 0 Å². The van der Waals surface area contributed by atoms with Gasteiger partial charge in [0.25, 0.3) is 0 Å². The van der Waals surface area contributed by atoms with Crippen molar-refractivity contribution in [2.24, 2.45) is 0 Å². The van der Waals surface area contributed by atoms with Crippen molar-refractivity contribution in [2.75, 3.05) is 13.2 Å². The van der Waals surface area contributed by atoms with Gasteiger partial charge in [-0.25, -0.2) is 0 Å². The Morgan fingerprint density at radius 2 is 0.549 bits per heavy atom. The third-order valence-corrected chi connectivity index (χ3v) is 12.9. The van der Waals surface area contributed by atoms with Crippen molar-refractivity contribution in [3.63, 3.8) is 0 Å². The van der Waals surface area contributed by atoms with Crippen LogP contribution < -0.4 is 0 Å². The lowest BCUT2D eigenvalue weighted by molar-refractivity contribution is -0.167. The van der Waals surface area contributed by atoms with E-state index in [1.54, 1.807) is 0 Å². The number of carbonyl (C=O) groups is 3. The first-order chi connectivity index (χ1) is 35.0. The van der Waals surface area contributed by atoms with Crippen LogP contribution in [0.25, 0.3) is 0 Å². The van der Waals surface area contributed by atoms with Crippen LogP contribution in [0.2, 0.25) is 0 Å². The van der Waals surface area contributed by atoms with E-state index < -0.39 is 6.10 Å².